The number of hydrogen-bond donors (Lipinski definition) is 3. The quantitative estimate of drug-likeness (QED) is 0.515. The third-order valence-corrected chi connectivity index (χ3v) is 3.50. The van der Waals surface area contributed by atoms with Crippen LogP contribution in [0.3, 0.4) is 0 Å². The molecule has 0 aliphatic heterocycles. The molecule has 0 unspecified atom stereocenters. The lowest BCUT2D eigenvalue weighted by molar-refractivity contribution is -0.118. The Balaban J connectivity index is 1.70. The summed E-state index contributed by atoms with van der Waals surface area (Å²) in [6.45, 7) is 0.879. The predicted molar refractivity (Wildman–Crippen MR) is 87.2 cm³/mol. The molecule has 0 heterocycles. The van der Waals surface area contributed by atoms with Gasteiger partial charge in [0.15, 0.2) is 0 Å². The summed E-state index contributed by atoms with van der Waals surface area (Å²) in [6, 6.07) is 16.8. The number of hydrogen-bond acceptors (Lipinski definition) is 4. The second-order valence-electron chi connectivity index (χ2n) is 5.27. The number of carbonyl (C=O) groups excluding carboxylic acids is 2. The van der Waals surface area contributed by atoms with Gasteiger partial charge in [0, 0.05) is 18.5 Å². The van der Waals surface area contributed by atoms with Gasteiger partial charge in [0.2, 0.25) is 0 Å². The summed E-state index contributed by atoms with van der Waals surface area (Å²) in [5.41, 5.74) is 4.10. The monoisotopic (exact) mass is 312 g/mol. The minimum Gasteiger partial charge on any atom is -0.306 e. The first-order chi connectivity index (χ1) is 11.2. The normalized spacial score (nSPS) is 10.3. The maximum Gasteiger partial charge on any atom is 0.274 e. The predicted octanol–water partition coefficient (Wildman–Crippen LogP) is 2.10. The highest BCUT2D eigenvalue weighted by atomic mass is 16.5. The molecule has 0 fully saturated rings. The molecular weight excluding hydrogens is 292 g/mol. The lowest BCUT2D eigenvalue weighted by Gasteiger charge is -2.06. The van der Waals surface area contributed by atoms with Crippen LogP contribution in [0.4, 0.5) is 0 Å². The van der Waals surface area contributed by atoms with Crippen molar-refractivity contribution in [3.8, 4) is 0 Å². The third-order valence-electron chi connectivity index (χ3n) is 3.50. The SMILES string of the molecule is O=C(CCc1ccccc1)CNCc1ccc(C(=O)NO)cc1. The molecule has 23 heavy (non-hydrogen) atoms. The number of amides is 1. The van der Waals surface area contributed by atoms with Gasteiger partial charge in [-0.2, -0.15) is 0 Å². The van der Waals surface area contributed by atoms with Crippen molar-refractivity contribution in [1.82, 2.24) is 10.8 Å². The zero-order valence-corrected chi connectivity index (χ0v) is 12.8. The fraction of sp³-hybridized carbons (Fsp3) is 0.222. The van der Waals surface area contributed by atoms with E-state index in [1.165, 1.54) is 5.56 Å². The van der Waals surface area contributed by atoms with E-state index in [1.807, 2.05) is 30.3 Å². The Morgan fingerprint density at radius 2 is 1.61 bits per heavy atom. The second-order valence-corrected chi connectivity index (χ2v) is 5.27. The van der Waals surface area contributed by atoms with E-state index in [2.05, 4.69) is 5.32 Å². The van der Waals surface area contributed by atoms with Gasteiger partial charge < -0.3 is 5.32 Å². The van der Waals surface area contributed by atoms with Crippen molar-refractivity contribution in [3.05, 3.63) is 71.3 Å². The van der Waals surface area contributed by atoms with E-state index in [0.717, 1.165) is 12.0 Å². The molecule has 5 heteroatoms. The van der Waals surface area contributed by atoms with Crippen LogP contribution in [-0.2, 0) is 17.8 Å². The molecule has 2 aromatic carbocycles. The fourth-order valence-corrected chi connectivity index (χ4v) is 2.20. The van der Waals surface area contributed by atoms with Crippen LogP contribution in [0.1, 0.15) is 27.9 Å². The average Bonchev–Trinajstić information content (AvgIpc) is 2.61. The molecule has 0 saturated carbocycles. The van der Waals surface area contributed by atoms with E-state index >= 15 is 0 Å². The molecule has 0 spiro atoms. The summed E-state index contributed by atoms with van der Waals surface area (Å²) in [5.74, 6) is -0.370. The molecule has 0 aromatic heterocycles. The molecule has 1 amide bonds. The van der Waals surface area contributed by atoms with Gasteiger partial charge in [-0.3, -0.25) is 14.8 Å². The van der Waals surface area contributed by atoms with Crippen LogP contribution in [0.25, 0.3) is 0 Å². The first-order valence-electron chi connectivity index (χ1n) is 7.49. The summed E-state index contributed by atoms with van der Waals surface area (Å²) in [4.78, 5) is 23.0. The highest BCUT2D eigenvalue weighted by molar-refractivity contribution is 5.93. The fourth-order valence-electron chi connectivity index (χ4n) is 2.20. The molecule has 5 nitrogen and oxygen atoms in total. The number of aryl methyl sites for hydroxylation is 1. The third kappa shape index (κ3) is 5.65. The maximum atomic E-state index is 11.8. The van der Waals surface area contributed by atoms with Gasteiger partial charge in [-0.05, 0) is 29.7 Å². The van der Waals surface area contributed by atoms with E-state index in [1.54, 1.807) is 29.7 Å². The zero-order valence-electron chi connectivity index (χ0n) is 12.8. The Labute approximate surface area is 135 Å². The van der Waals surface area contributed by atoms with Crippen LogP contribution in [0, 0.1) is 0 Å². The topological polar surface area (TPSA) is 78.4 Å². The van der Waals surface area contributed by atoms with Gasteiger partial charge in [-0.1, -0.05) is 42.5 Å². The number of benzene rings is 2. The largest absolute Gasteiger partial charge is 0.306 e. The summed E-state index contributed by atoms with van der Waals surface area (Å²) in [7, 11) is 0. The summed E-state index contributed by atoms with van der Waals surface area (Å²) < 4.78 is 0. The van der Waals surface area contributed by atoms with Crippen LogP contribution in [0.5, 0.6) is 0 Å². The molecule has 0 radical (unpaired) electrons. The minimum atomic E-state index is -0.541. The summed E-state index contributed by atoms with van der Waals surface area (Å²) >= 11 is 0. The van der Waals surface area contributed by atoms with E-state index < -0.39 is 5.91 Å². The Bertz CT molecular complexity index is 639. The number of carbonyl (C=O) groups is 2. The Kier molecular flexibility index (Phi) is 6.47. The molecule has 120 valence electrons. The molecular formula is C18H20N2O3. The molecule has 0 aliphatic rings. The van der Waals surface area contributed by atoms with Crippen molar-refractivity contribution in [2.24, 2.45) is 0 Å². The number of Topliss-reactive ketones (excluding diaryl/α,β-unsaturated/α-hetero) is 1. The molecule has 2 aromatic rings. The standard InChI is InChI=1S/C18H20N2O3/c21-17(11-8-14-4-2-1-3-5-14)13-19-12-15-6-9-16(10-7-15)18(22)20-23/h1-7,9-10,19,23H,8,11-13H2,(H,20,22). The van der Waals surface area contributed by atoms with Crippen LogP contribution in [0.2, 0.25) is 0 Å². The van der Waals surface area contributed by atoms with Crippen molar-refractivity contribution in [3.63, 3.8) is 0 Å². The first kappa shape index (κ1) is 16.9. The van der Waals surface area contributed by atoms with E-state index in [0.29, 0.717) is 25.1 Å². The van der Waals surface area contributed by atoms with E-state index in [4.69, 9.17) is 5.21 Å². The number of hydroxylamine groups is 1. The molecule has 3 N–H and O–H groups in total. The van der Waals surface area contributed by atoms with Crippen LogP contribution in [-0.4, -0.2) is 23.4 Å². The summed E-state index contributed by atoms with van der Waals surface area (Å²) in [6.07, 6.45) is 1.28. The van der Waals surface area contributed by atoms with Gasteiger partial charge in [-0.15, -0.1) is 0 Å². The Hall–Kier alpha value is -2.50. The van der Waals surface area contributed by atoms with Crippen LogP contribution < -0.4 is 10.8 Å². The average molecular weight is 312 g/mol. The number of nitrogens with one attached hydrogen (secondary N) is 2. The van der Waals surface area contributed by atoms with Gasteiger partial charge in [0.05, 0.1) is 6.54 Å². The smallest absolute Gasteiger partial charge is 0.274 e. The van der Waals surface area contributed by atoms with Crippen LogP contribution >= 0.6 is 0 Å². The van der Waals surface area contributed by atoms with Gasteiger partial charge >= 0.3 is 0 Å². The van der Waals surface area contributed by atoms with Crippen molar-refractivity contribution >= 4 is 11.7 Å². The highest BCUT2D eigenvalue weighted by Crippen LogP contribution is 2.05. The van der Waals surface area contributed by atoms with Crippen LogP contribution in [0.15, 0.2) is 54.6 Å². The molecule has 0 bridgehead atoms. The minimum absolute atomic E-state index is 0.171. The lowest BCUT2D eigenvalue weighted by Crippen LogP contribution is -2.23. The van der Waals surface area contributed by atoms with Crippen molar-refractivity contribution in [2.45, 2.75) is 19.4 Å². The van der Waals surface area contributed by atoms with E-state index in [-0.39, 0.29) is 5.78 Å². The van der Waals surface area contributed by atoms with Crippen molar-refractivity contribution in [1.29, 1.82) is 0 Å². The number of rotatable bonds is 8. The van der Waals surface area contributed by atoms with Gasteiger partial charge in [0.1, 0.15) is 5.78 Å². The summed E-state index contributed by atoms with van der Waals surface area (Å²) in [5, 5.41) is 11.6. The molecule has 0 saturated heterocycles. The maximum absolute atomic E-state index is 11.8. The molecule has 0 atom stereocenters. The lowest BCUT2D eigenvalue weighted by atomic mass is 10.1. The molecule has 0 aliphatic carbocycles. The zero-order chi connectivity index (χ0) is 16.5. The number of ketones is 1. The molecule has 2 rings (SSSR count). The van der Waals surface area contributed by atoms with Gasteiger partial charge in [-0.25, -0.2) is 5.48 Å². The van der Waals surface area contributed by atoms with Crippen molar-refractivity contribution in [2.75, 3.05) is 6.54 Å². The Morgan fingerprint density at radius 3 is 2.26 bits per heavy atom. The van der Waals surface area contributed by atoms with Gasteiger partial charge in [0.25, 0.3) is 5.91 Å². The Morgan fingerprint density at radius 1 is 0.913 bits per heavy atom. The second kappa shape index (κ2) is 8.82. The highest BCUT2D eigenvalue weighted by Gasteiger charge is 2.05. The first-order valence-corrected chi connectivity index (χ1v) is 7.49. The van der Waals surface area contributed by atoms with E-state index in [9.17, 15) is 9.59 Å². The van der Waals surface area contributed by atoms with Crippen molar-refractivity contribution < 1.29 is 14.8 Å².